The van der Waals surface area contributed by atoms with Crippen LogP contribution in [0.2, 0.25) is 0 Å². The number of carbonyl (C=O) groups is 1. The number of nitrogens with zero attached hydrogens (tertiary/aromatic N) is 1. The number of thiazole rings is 1. The Bertz CT molecular complexity index is 1440. The van der Waals surface area contributed by atoms with Gasteiger partial charge in [0.1, 0.15) is 11.5 Å². The SMILES string of the molecule is CCOP(=O)(Cc1csc(NC(=O)c2cc(CC3CCO3)cc(Oc3ccc(S(C)(=O)=O)cc3)c2)n1)OCC. The lowest BCUT2D eigenvalue weighted by molar-refractivity contribution is -0.0491. The van der Waals surface area contributed by atoms with Crippen molar-refractivity contribution in [3.05, 3.63) is 64.7 Å². The van der Waals surface area contributed by atoms with Gasteiger partial charge in [0, 0.05) is 23.8 Å². The number of aromatic nitrogens is 1. The van der Waals surface area contributed by atoms with Crippen LogP contribution in [-0.2, 0) is 40.8 Å². The summed E-state index contributed by atoms with van der Waals surface area (Å²) in [6.45, 7) is 4.70. The fraction of sp³-hybridized carbons (Fsp3) is 0.385. The third-order valence-corrected chi connectivity index (χ3v) is 9.70. The molecule has 1 aromatic heterocycles. The third-order valence-electron chi connectivity index (χ3n) is 5.75. The van der Waals surface area contributed by atoms with Gasteiger partial charge in [0.25, 0.3) is 5.91 Å². The van der Waals surface area contributed by atoms with E-state index in [-0.39, 0.29) is 36.3 Å². The maximum atomic E-state index is 13.2. The van der Waals surface area contributed by atoms with Crippen molar-refractivity contribution < 1.29 is 36.3 Å². The average molecular weight is 595 g/mol. The molecule has 1 N–H and O–H groups in total. The molecule has 1 aliphatic rings. The smallest absolute Gasteiger partial charge is 0.336 e. The number of amides is 1. The highest BCUT2D eigenvalue weighted by molar-refractivity contribution is 7.90. The molecular formula is C26H31N2O8PS2. The number of carbonyl (C=O) groups excluding carboxylic acids is 1. The monoisotopic (exact) mass is 594 g/mol. The van der Waals surface area contributed by atoms with Gasteiger partial charge in [-0.25, -0.2) is 13.4 Å². The van der Waals surface area contributed by atoms with E-state index in [9.17, 15) is 17.8 Å². The number of hydrogen-bond acceptors (Lipinski definition) is 10. The number of nitrogens with one attached hydrogen (secondary N) is 1. The van der Waals surface area contributed by atoms with Crippen LogP contribution in [-0.4, -0.2) is 51.5 Å². The minimum Gasteiger partial charge on any atom is -0.457 e. The first kappa shape index (κ1) is 29.4. The second-order valence-corrected chi connectivity index (χ2v) is 13.8. The van der Waals surface area contributed by atoms with Gasteiger partial charge in [-0.3, -0.25) is 14.7 Å². The minimum absolute atomic E-state index is 0.00797. The first-order valence-electron chi connectivity index (χ1n) is 12.4. The van der Waals surface area contributed by atoms with Gasteiger partial charge in [-0.05, 0) is 74.7 Å². The van der Waals surface area contributed by atoms with Crippen molar-refractivity contribution in [2.45, 2.75) is 43.9 Å². The summed E-state index contributed by atoms with van der Waals surface area (Å²) >= 11 is 1.21. The van der Waals surface area contributed by atoms with Crippen molar-refractivity contribution in [2.75, 3.05) is 31.4 Å². The lowest BCUT2D eigenvalue weighted by Gasteiger charge is -2.26. The Morgan fingerprint density at radius 1 is 1.13 bits per heavy atom. The highest BCUT2D eigenvalue weighted by Crippen LogP contribution is 2.51. The average Bonchev–Trinajstić information content (AvgIpc) is 3.27. The first-order chi connectivity index (χ1) is 18.6. The van der Waals surface area contributed by atoms with Gasteiger partial charge in [0.05, 0.1) is 36.1 Å². The Balaban J connectivity index is 1.51. The van der Waals surface area contributed by atoms with Crippen LogP contribution in [0.3, 0.4) is 0 Å². The van der Waals surface area contributed by atoms with E-state index < -0.39 is 17.4 Å². The molecule has 1 unspecified atom stereocenters. The molecule has 2 heterocycles. The summed E-state index contributed by atoms with van der Waals surface area (Å²) in [5.41, 5.74) is 1.72. The van der Waals surface area contributed by atoms with Crippen molar-refractivity contribution in [3.63, 3.8) is 0 Å². The molecule has 1 atom stereocenters. The maximum absolute atomic E-state index is 13.2. The van der Waals surface area contributed by atoms with E-state index in [1.165, 1.54) is 23.5 Å². The number of rotatable bonds is 13. The van der Waals surface area contributed by atoms with Gasteiger partial charge in [-0.2, -0.15) is 0 Å². The highest BCUT2D eigenvalue weighted by Gasteiger charge is 2.26. The summed E-state index contributed by atoms with van der Waals surface area (Å²) in [7, 11) is -6.65. The van der Waals surface area contributed by atoms with Gasteiger partial charge in [-0.15, -0.1) is 11.3 Å². The van der Waals surface area contributed by atoms with E-state index in [4.69, 9.17) is 18.5 Å². The van der Waals surface area contributed by atoms with Crippen LogP contribution in [0.5, 0.6) is 11.5 Å². The molecule has 0 aliphatic carbocycles. The molecule has 3 aromatic rings. The molecule has 1 aliphatic heterocycles. The summed E-state index contributed by atoms with van der Waals surface area (Å²) in [5, 5.41) is 4.85. The molecule has 10 nitrogen and oxygen atoms in total. The normalized spacial score (nSPS) is 15.5. The lowest BCUT2D eigenvalue weighted by atomic mass is 10.0. The molecule has 4 rings (SSSR count). The molecule has 0 bridgehead atoms. The predicted octanol–water partition coefficient (Wildman–Crippen LogP) is 5.69. The molecule has 1 fully saturated rings. The van der Waals surface area contributed by atoms with Gasteiger partial charge in [-0.1, -0.05) is 0 Å². The molecule has 210 valence electrons. The standard InChI is InChI=1S/C26H31N2O8PS2/c1-4-34-37(30,35-5-2)16-20-17-38-26(27-20)28-25(29)19-12-18(13-22-10-11-33-22)14-23(15-19)36-21-6-8-24(9-7-21)39(3,31)32/h6-9,12,14-15,17,22H,4-5,10-11,13,16H2,1-3H3,(H,27,28,29). The maximum Gasteiger partial charge on any atom is 0.336 e. The van der Waals surface area contributed by atoms with E-state index in [0.29, 0.717) is 40.9 Å². The van der Waals surface area contributed by atoms with E-state index >= 15 is 0 Å². The van der Waals surface area contributed by atoms with E-state index in [2.05, 4.69) is 10.3 Å². The summed E-state index contributed by atoms with van der Waals surface area (Å²) in [4.78, 5) is 17.8. The Hall–Kier alpha value is -2.60. The van der Waals surface area contributed by atoms with Crippen LogP contribution in [0.1, 0.15) is 41.9 Å². The topological polar surface area (TPSA) is 130 Å². The Morgan fingerprint density at radius 3 is 2.41 bits per heavy atom. The number of sulfone groups is 1. The zero-order valence-corrected chi connectivity index (χ0v) is 24.4. The molecule has 1 amide bonds. The fourth-order valence-electron chi connectivity index (χ4n) is 3.89. The molecule has 0 spiro atoms. The molecule has 2 aromatic carbocycles. The number of benzene rings is 2. The third kappa shape index (κ3) is 8.20. The highest BCUT2D eigenvalue weighted by atomic mass is 32.2. The van der Waals surface area contributed by atoms with E-state index in [0.717, 1.165) is 18.2 Å². The molecule has 13 heteroatoms. The molecule has 39 heavy (non-hydrogen) atoms. The zero-order valence-electron chi connectivity index (χ0n) is 21.9. The number of ether oxygens (including phenoxy) is 2. The molecule has 0 radical (unpaired) electrons. The minimum atomic E-state index is -3.33. The van der Waals surface area contributed by atoms with Crippen molar-refractivity contribution in [3.8, 4) is 11.5 Å². The fourth-order valence-corrected chi connectivity index (χ4v) is 6.96. The van der Waals surface area contributed by atoms with Crippen LogP contribution in [0.15, 0.2) is 52.7 Å². The van der Waals surface area contributed by atoms with Crippen molar-refractivity contribution in [1.29, 1.82) is 0 Å². The summed E-state index contributed by atoms with van der Waals surface area (Å²) < 4.78 is 58.5. The van der Waals surface area contributed by atoms with E-state index in [1.807, 2.05) is 6.07 Å². The quantitative estimate of drug-likeness (QED) is 0.248. The van der Waals surface area contributed by atoms with Gasteiger partial charge in [0.2, 0.25) is 0 Å². The summed E-state index contributed by atoms with van der Waals surface area (Å²) in [5.74, 6) is 0.476. The van der Waals surface area contributed by atoms with Crippen LogP contribution in [0.25, 0.3) is 0 Å². The van der Waals surface area contributed by atoms with Crippen molar-refractivity contribution in [2.24, 2.45) is 0 Å². The van der Waals surface area contributed by atoms with Crippen LogP contribution >= 0.6 is 18.9 Å². The van der Waals surface area contributed by atoms with Gasteiger partial charge < -0.3 is 18.5 Å². The summed E-state index contributed by atoms with van der Waals surface area (Å²) in [6, 6.07) is 11.3. The number of hydrogen-bond donors (Lipinski definition) is 1. The molecular weight excluding hydrogens is 563 g/mol. The van der Waals surface area contributed by atoms with E-state index in [1.54, 1.807) is 43.5 Å². The second kappa shape index (κ2) is 12.7. The van der Waals surface area contributed by atoms with Crippen LogP contribution in [0.4, 0.5) is 5.13 Å². The zero-order chi connectivity index (χ0) is 28.0. The largest absolute Gasteiger partial charge is 0.457 e. The number of anilines is 1. The van der Waals surface area contributed by atoms with Crippen molar-refractivity contribution >= 4 is 39.8 Å². The summed E-state index contributed by atoms with van der Waals surface area (Å²) in [6.07, 6.45) is 2.79. The Kier molecular flexibility index (Phi) is 9.58. The first-order valence-corrected chi connectivity index (χ1v) is 16.9. The molecule has 0 saturated carbocycles. The second-order valence-electron chi connectivity index (χ2n) is 8.90. The van der Waals surface area contributed by atoms with Gasteiger partial charge >= 0.3 is 7.60 Å². The van der Waals surface area contributed by atoms with Crippen LogP contribution in [0, 0.1) is 0 Å². The van der Waals surface area contributed by atoms with Crippen molar-refractivity contribution in [1.82, 2.24) is 4.98 Å². The lowest BCUT2D eigenvalue weighted by Crippen LogP contribution is -2.28. The molecule has 1 saturated heterocycles. The Morgan fingerprint density at radius 2 is 1.82 bits per heavy atom. The predicted molar refractivity (Wildman–Crippen MR) is 149 cm³/mol. The van der Waals surface area contributed by atoms with Crippen LogP contribution < -0.4 is 10.1 Å². The van der Waals surface area contributed by atoms with Gasteiger partial charge in [0.15, 0.2) is 15.0 Å². The Labute approximate surface area is 232 Å².